The van der Waals surface area contributed by atoms with Gasteiger partial charge in [0, 0.05) is 22.9 Å². The van der Waals surface area contributed by atoms with Crippen LogP contribution < -0.4 is 24.2 Å². The van der Waals surface area contributed by atoms with E-state index in [4.69, 9.17) is 19.2 Å². The van der Waals surface area contributed by atoms with Crippen LogP contribution in [0.2, 0.25) is 0 Å². The summed E-state index contributed by atoms with van der Waals surface area (Å²) in [5, 5.41) is 3.65. The minimum Gasteiger partial charge on any atom is -0.497 e. The molecule has 0 atom stereocenters. The molecule has 0 fully saturated rings. The molecule has 152 valence electrons. The minimum absolute atomic E-state index is 0.178. The van der Waals surface area contributed by atoms with Crippen LogP contribution in [0.4, 0.5) is 11.4 Å². The third-order valence-electron chi connectivity index (χ3n) is 4.84. The number of methoxy groups -OCH3 is 2. The monoisotopic (exact) mass is 428 g/mol. The first-order chi connectivity index (χ1) is 14.0. The van der Waals surface area contributed by atoms with Crippen molar-refractivity contribution in [1.82, 2.24) is 0 Å². The van der Waals surface area contributed by atoms with E-state index in [-0.39, 0.29) is 5.54 Å². The molecule has 3 aromatic rings. The normalized spacial score (nSPS) is 14.6. The number of nitrogens with zero attached hydrogens (tertiary/aromatic N) is 1. The van der Waals surface area contributed by atoms with Crippen molar-refractivity contribution in [2.24, 2.45) is 4.99 Å². The van der Waals surface area contributed by atoms with Gasteiger partial charge in [0.1, 0.15) is 27.6 Å². The molecule has 2 heterocycles. The van der Waals surface area contributed by atoms with Crippen LogP contribution in [0.15, 0.2) is 41.4 Å². The molecular weight excluding hydrogens is 404 g/mol. The minimum atomic E-state index is -0.178. The molecule has 0 spiro atoms. The second kappa shape index (κ2) is 7.72. The van der Waals surface area contributed by atoms with Crippen molar-refractivity contribution < 1.29 is 14.2 Å². The maximum Gasteiger partial charge on any atom is 0.144 e. The van der Waals surface area contributed by atoms with Gasteiger partial charge in [0.2, 0.25) is 0 Å². The topological polar surface area (TPSA) is 52.1 Å². The Balaban J connectivity index is 1.95. The van der Waals surface area contributed by atoms with E-state index in [1.54, 1.807) is 34.9 Å². The zero-order chi connectivity index (χ0) is 20.6. The van der Waals surface area contributed by atoms with Crippen molar-refractivity contribution in [3.63, 3.8) is 0 Å². The molecule has 29 heavy (non-hydrogen) atoms. The number of ether oxygens (including phenoxy) is 3. The third kappa shape index (κ3) is 3.60. The standard InChI is InChI=1S/C22H24N2O3S2/c1-6-27-14-7-9-16-15(11-14)19-20(22(2,3)24-16)28-29-21(19)23-17-12-13(25-4)8-10-18(17)26-5/h7-12,24H,6H2,1-5H3. The van der Waals surface area contributed by atoms with Gasteiger partial charge in [-0.05, 0) is 51.1 Å². The van der Waals surface area contributed by atoms with Crippen LogP contribution in [-0.4, -0.2) is 20.8 Å². The molecule has 1 N–H and O–H groups in total. The number of anilines is 1. The van der Waals surface area contributed by atoms with Gasteiger partial charge in [0.05, 0.1) is 31.2 Å². The zero-order valence-electron chi connectivity index (χ0n) is 17.2. The lowest BCUT2D eigenvalue weighted by atomic mass is 9.90. The van der Waals surface area contributed by atoms with E-state index in [2.05, 4.69) is 31.3 Å². The van der Waals surface area contributed by atoms with Gasteiger partial charge < -0.3 is 19.5 Å². The van der Waals surface area contributed by atoms with E-state index in [0.717, 1.165) is 44.4 Å². The molecule has 0 bridgehead atoms. The van der Waals surface area contributed by atoms with Crippen LogP contribution in [-0.2, 0) is 5.54 Å². The first kappa shape index (κ1) is 19.8. The van der Waals surface area contributed by atoms with Crippen molar-refractivity contribution in [2.45, 2.75) is 26.3 Å². The first-order valence-corrected chi connectivity index (χ1v) is 11.6. The number of benzene rings is 2. The molecule has 2 aromatic carbocycles. The molecule has 0 saturated heterocycles. The number of rotatable bonds is 5. The summed E-state index contributed by atoms with van der Waals surface area (Å²) in [5.74, 6) is 2.33. The number of nitrogens with one attached hydrogen (secondary N) is 1. The third-order valence-corrected chi connectivity index (χ3v) is 7.48. The quantitative estimate of drug-likeness (QED) is 0.523. The molecule has 0 saturated carbocycles. The van der Waals surface area contributed by atoms with Crippen molar-refractivity contribution in [1.29, 1.82) is 0 Å². The van der Waals surface area contributed by atoms with Crippen LogP contribution in [0.1, 0.15) is 25.6 Å². The number of fused-ring (bicyclic) bond motifs is 3. The lowest BCUT2D eigenvalue weighted by molar-refractivity contribution is 0.340. The fourth-order valence-electron chi connectivity index (χ4n) is 3.47. The number of hydrogen-bond acceptors (Lipinski definition) is 7. The Labute approximate surface area is 178 Å². The largest absolute Gasteiger partial charge is 0.497 e. The van der Waals surface area contributed by atoms with Gasteiger partial charge in [0.25, 0.3) is 0 Å². The van der Waals surface area contributed by atoms with E-state index in [1.165, 1.54) is 4.88 Å². The van der Waals surface area contributed by atoms with Crippen molar-refractivity contribution in [3.8, 4) is 28.4 Å². The molecule has 0 amide bonds. The van der Waals surface area contributed by atoms with Gasteiger partial charge in [-0.25, -0.2) is 4.99 Å². The highest BCUT2D eigenvalue weighted by atomic mass is 32.9. The lowest BCUT2D eigenvalue weighted by Gasteiger charge is -2.33. The second-order valence-corrected chi connectivity index (χ2v) is 9.34. The van der Waals surface area contributed by atoms with Gasteiger partial charge in [-0.1, -0.05) is 20.7 Å². The maximum absolute atomic E-state index is 5.75. The van der Waals surface area contributed by atoms with E-state index in [0.29, 0.717) is 6.61 Å². The van der Waals surface area contributed by atoms with Gasteiger partial charge in [-0.15, -0.1) is 0 Å². The number of hydrogen-bond donors (Lipinski definition) is 1. The SMILES string of the molecule is CCOc1ccc2c(c1)-c1c(ssc1=Nc1cc(OC)ccc1OC)C(C)(C)N2. The van der Waals surface area contributed by atoms with Crippen molar-refractivity contribution in [2.75, 3.05) is 26.1 Å². The molecule has 5 nitrogen and oxygen atoms in total. The molecule has 1 aliphatic rings. The predicted molar refractivity (Wildman–Crippen MR) is 120 cm³/mol. The summed E-state index contributed by atoms with van der Waals surface area (Å²) in [6, 6.07) is 11.9. The summed E-state index contributed by atoms with van der Waals surface area (Å²) >= 11 is 0. The average molecular weight is 429 g/mol. The summed E-state index contributed by atoms with van der Waals surface area (Å²) in [4.78, 5) is 6.26. The Kier molecular flexibility index (Phi) is 5.27. The fraction of sp³-hybridized carbons (Fsp3) is 0.318. The lowest BCUT2D eigenvalue weighted by Crippen LogP contribution is -2.31. The van der Waals surface area contributed by atoms with E-state index < -0.39 is 0 Å². The molecule has 1 aromatic heterocycles. The molecular formula is C22H24N2O3S2. The fourth-order valence-corrected chi connectivity index (χ4v) is 6.40. The van der Waals surface area contributed by atoms with Gasteiger partial charge in [-0.2, -0.15) is 0 Å². The van der Waals surface area contributed by atoms with Crippen molar-refractivity contribution >= 4 is 32.1 Å². The summed E-state index contributed by atoms with van der Waals surface area (Å²) in [5.41, 5.74) is 3.93. The van der Waals surface area contributed by atoms with Crippen molar-refractivity contribution in [3.05, 3.63) is 45.9 Å². The van der Waals surface area contributed by atoms with Crippen LogP contribution in [0.25, 0.3) is 11.1 Å². The van der Waals surface area contributed by atoms with Gasteiger partial charge >= 0.3 is 0 Å². The smallest absolute Gasteiger partial charge is 0.144 e. The zero-order valence-corrected chi connectivity index (χ0v) is 18.8. The van der Waals surface area contributed by atoms with Crippen LogP contribution in [0.3, 0.4) is 0 Å². The molecule has 0 aliphatic carbocycles. The molecule has 0 radical (unpaired) electrons. The van der Waals surface area contributed by atoms with Gasteiger partial charge in [-0.3, -0.25) is 0 Å². The highest BCUT2D eigenvalue weighted by Crippen LogP contribution is 2.46. The Hall–Kier alpha value is -2.51. The maximum atomic E-state index is 5.75. The molecule has 1 aliphatic heterocycles. The van der Waals surface area contributed by atoms with Gasteiger partial charge in [0.15, 0.2) is 0 Å². The molecule has 4 rings (SSSR count). The van der Waals surface area contributed by atoms with Crippen LogP contribution in [0.5, 0.6) is 17.2 Å². The molecule has 0 unspecified atom stereocenters. The van der Waals surface area contributed by atoms with Crippen LogP contribution in [0, 0.1) is 0 Å². The summed E-state index contributed by atoms with van der Waals surface area (Å²) in [6.45, 7) is 7.03. The van der Waals surface area contributed by atoms with E-state index in [9.17, 15) is 0 Å². The Morgan fingerprint density at radius 1 is 1.00 bits per heavy atom. The highest BCUT2D eigenvalue weighted by molar-refractivity contribution is 7.68. The molecule has 7 heteroatoms. The van der Waals surface area contributed by atoms with E-state index in [1.807, 2.05) is 31.2 Å². The highest BCUT2D eigenvalue weighted by Gasteiger charge is 2.33. The summed E-state index contributed by atoms with van der Waals surface area (Å²) < 4.78 is 17.6. The Bertz CT molecular complexity index is 1120. The second-order valence-electron chi connectivity index (χ2n) is 7.22. The predicted octanol–water partition coefficient (Wildman–Crippen LogP) is 5.79. The Morgan fingerprint density at radius 3 is 2.52 bits per heavy atom. The van der Waals surface area contributed by atoms with E-state index >= 15 is 0 Å². The first-order valence-electron chi connectivity index (χ1n) is 9.42. The summed E-state index contributed by atoms with van der Waals surface area (Å²) in [7, 11) is 6.74. The average Bonchev–Trinajstić information content (AvgIpc) is 3.13. The Morgan fingerprint density at radius 2 is 1.79 bits per heavy atom. The van der Waals surface area contributed by atoms with Crippen LogP contribution >= 0.6 is 20.7 Å². The summed E-state index contributed by atoms with van der Waals surface area (Å²) in [6.07, 6.45) is 0.